The Kier molecular flexibility index (Phi) is 10.9. The first kappa shape index (κ1) is 28.6. The molecule has 37 heavy (non-hydrogen) atoms. The summed E-state index contributed by atoms with van der Waals surface area (Å²) in [4.78, 5) is 25.8. The van der Waals surface area contributed by atoms with Crippen LogP contribution in [0.2, 0.25) is 0 Å². The molecule has 0 bridgehead atoms. The van der Waals surface area contributed by atoms with E-state index < -0.39 is 0 Å². The van der Waals surface area contributed by atoms with Gasteiger partial charge in [0.25, 0.3) is 5.91 Å². The van der Waals surface area contributed by atoms with Crippen LogP contribution < -0.4 is 15.4 Å². The molecule has 0 spiro atoms. The second kappa shape index (κ2) is 14.1. The maximum atomic E-state index is 13.0. The second-order valence-corrected chi connectivity index (χ2v) is 10.3. The fourth-order valence-corrected chi connectivity index (χ4v) is 5.24. The monoisotopic (exact) mass is 541 g/mol. The van der Waals surface area contributed by atoms with Crippen molar-refractivity contribution in [3.8, 4) is 5.75 Å². The molecule has 0 aliphatic heterocycles. The molecule has 2 aromatic carbocycles. The lowest BCUT2D eigenvalue weighted by Gasteiger charge is -2.19. The van der Waals surface area contributed by atoms with Gasteiger partial charge in [-0.3, -0.25) is 9.59 Å². The number of hydrogen-bond donors (Lipinski definition) is 2. The van der Waals surface area contributed by atoms with E-state index in [2.05, 4.69) is 27.8 Å². The van der Waals surface area contributed by atoms with Gasteiger partial charge in [-0.05, 0) is 74.1 Å². The van der Waals surface area contributed by atoms with Crippen molar-refractivity contribution in [1.82, 2.24) is 20.1 Å². The zero-order valence-electron chi connectivity index (χ0n) is 22.0. The normalized spacial score (nSPS) is 11.7. The predicted molar refractivity (Wildman–Crippen MR) is 152 cm³/mol. The Hall–Kier alpha value is -2.98. The van der Waals surface area contributed by atoms with Crippen LogP contribution in [0.25, 0.3) is 0 Å². The summed E-state index contributed by atoms with van der Waals surface area (Å²) in [6.45, 7) is 6.70. The number of carbonyl (C=O) groups is 2. The Labute approximate surface area is 227 Å². The quantitative estimate of drug-likeness (QED) is 0.289. The number of hydrogen-bond acceptors (Lipinski definition) is 7. The highest BCUT2D eigenvalue weighted by Gasteiger charge is 2.23. The van der Waals surface area contributed by atoms with E-state index in [1.54, 1.807) is 43.1 Å². The highest BCUT2D eigenvalue weighted by atomic mass is 32.2. The Balaban J connectivity index is 1.73. The number of carbonyl (C=O) groups excluding carboxylic acids is 2. The van der Waals surface area contributed by atoms with Crippen molar-refractivity contribution in [2.75, 3.05) is 30.2 Å². The maximum Gasteiger partial charge on any atom is 0.251 e. The van der Waals surface area contributed by atoms with Gasteiger partial charge in [0.2, 0.25) is 5.91 Å². The van der Waals surface area contributed by atoms with Crippen LogP contribution in [-0.4, -0.2) is 51.5 Å². The fourth-order valence-electron chi connectivity index (χ4n) is 3.95. The molecule has 2 N–H and O–H groups in total. The van der Waals surface area contributed by atoms with Crippen LogP contribution in [0.15, 0.2) is 47.6 Å². The summed E-state index contributed by atoms with van der Waals surface area (Å²) < 4.78 is 7.16. The van der Waals surface area contributed by atoms with E-state index in [4.69, 9.17) is 4.74 Å². The van der Waals surface area contributed by atoms with E-state index in [0.29, 0.717) is 35.3 Å². The van der Waals surface area contributed by atoms with Crippen molar-refractivity contribution in [3.63, 3.8) is 0 Å². The zero-order valence-corrected chi connectivity index (χ0v) is 23.7. The van der Waals surface area contributed by atoms with Crippen molar-refractivity contribution >= 4 is 41.0 Å². The van der Waals surface area contributed by atoms with E-state index in [1.807, 2.05) is 42.9 Å². The summed E-state index contributed by atoms with van der Waals surface area (Å²) in [5.74, 6) is 2.17. The Morgan fingerprint density at radius 3 is 2.51 bits per heavy atom. The lowest BCUT2D eigenvalue weighted by Crippen LogP contribution is -2.31. The third-order valence-corrected chi connectivity index (χ3v) is 7.59. The van der Waals surface area contributed by atoms with Gasteiger partial charge in [-0.2, -0.15) is 11.8 Å². The molecule has 10 heteroatoms. The lowest BCUT2D eigenvalue weighted by molar-refractivity contribution is -0.113. The number of thioether (sulfide) groups is 2. The minimum absolute atomic E-state index is 0.0899. The first-order valence-corrected chi connectivity index (χ1v) is 14.7. The first-order valence-electron chi connectivity index (χ1n) is 12.3. The molecule has 0 aliphatic carbocycles. The van der Waals surface area contributed by atoms with Crippen LogP contribution in [0.5, 0.6) is 5.75 Å². The highest BCUT2D eigenvalue weighted by Crippen LogP contribution is 2.25. The van der Waals surface area contributed by atoms with Gasteiger partial charge in [0, 0.05) is 17.8 Å². The molecule has 0 fully saturated rings. The van der Waals surface area contributed by atoms with Crippen LogP contribution in [0.3, 0.4) is 0 Å². The van der Waals surface area contributed by atoms with E-state index in [-0.39, 0.29) is 23.6 Å². The molecule has 1 heterocycles. The first-order chi connectivity index (χ1) is 17.9. The summed E-state index contributed by atoms with van der Waals surface area (Å²) in [7, 11) is 1.59. The molecule has 0 unspecified atom stereocenters. The van der Waals surface area contributed by atoms with Crippen LogP contribution in [0.1, 0.15) is 53.6 Å². The van der Waals surface area contributed by atoms with Gasteiger partial charge in [-0.1, -0.05) is 36.9 Å². The third-order valence-electron chi connectivity index (χ3n) is 5.98. The number of nitrogens with one attached hydrogen (secondary N) is 2. The average Bonchev–Trinajstić information content (AvgIpc) is 3.33. The predicted octanol–water partition coefficient (Wildman–Crippen LogP) is 5.13. The topological polar surface area (TPSA) is 98.1 Å². The van der Waals surface area contributed by atoms with Crippen LogP contribution in [0.4, 0.5) is 5.69 Å². The zero-order chi connectivity index (χ0) is 26.8. The van der Waals surface area contributed by atoms with Crippen LogP contribution in [-0.2, 0) is 17.8 Å². The van der Waals surface area contributed by atoms with Gasteiger partial charge < -0.3 is 19.9 Å². The van der Waals surface area contributed by atoms with Gasteiger partial charge in [0.15, 0.2) is 11.0 Å². The van der Waals surface area contributed by atoms with E-state index in [0.717, 1.165) is 29.0 Å². The van der Waals surface area contributed by atoms with Crippen molar-refractivity contribution in [3.05, 3.63) is 65.0 Å². The number of anilines is 1. The highest BCUT2D eigenvalue weighted by molar-refractivity contribution is 7.99. The number of aromatic nitrogens is 3. The second-order valence-electron chi connectivity index (χ2n) is 8.42. The number of benzene rings is 2. The molecule has 3 aromatic rings. The van der Waals surface area contributed by atoms with Gasteiger partial charge in [0.05, 0.1) is 18.9 Å². The molecule has 3 rings (SSSR count). The third kappa shape index (κ3) is 7.52. The van der Waals surface area contributed by atoms with Crippen molar-refractivity contribution < 1.29 is 14.3 Å². The van der Waals surface area contributed by atoms with E-state index in [1.165, 1.54) is 11.8 Å². The van der Waals surface area contributed by atoms with Gasteiger partial charge in [-0.25, -0.2) is 0 Å². The number of para-hydroxylation sites is 1. The van der Waals surface area contributed by atoms with Gasteiger partial charge in [-0.15, -0.1) is 10.2 Å². The molecule has 0 aliphatic rings. The largest absolute Gasteiger partial charge is 0.497 e. The molecule has 8 nitrogen and oxygen atoms in total. The number of ether oxygens (including phenoxy) is 1. The lowest BCUT2D eigenvalue weighted by atomic mass is 10.1. The molecule has 198 valence electrons. The van der Waals surface area contributed by atoms with Crippen molar-refractivity contribution in [2.45, 2.75) is 51.4 Å². The number of nitrogens with zero attached hydrogens (tertiary/aromatic N) is 3. The summed E-state index contributed by atoms with van der Waals surface area (Å²) >= 11 is 3.05. The molecule has 2 amide bonds. The fraction of sp³-hybridized carbons (Fsp3) is 0.407. The minimum Gasteiger partial charge on any atom is -0.497 e. The molecule has 0 saturated carbocycles. The smallest absolute Gasteiger partial charge is 0.251 e. The Morgan fingerprint density at radius 1 is 1.11 bits per heavy atom. The number of methoxy groups -OCH3 is 1. The van der Waals surface area contributed by atoms with Gasteiger partial charge >= 0.3 is 0 Å². The van der Waals surface area contributed by atoms with Crippen molar-refractivity contribution in [2.24, 2.45) is 0 Å². The Bertz CT molecular complexity index is 1200. The standard InChI is InChI=1S/C27H35N5O3S2/c1-6-19-10-8-9-18(3)24(19)29-23(33)17-37-27-31-30-25(32(27)7-2)22(15-16-36-5)28-26(34)20-11-13-21(35-4)14-12-20/h8-14,22H,6-7,15-17H2,1-5H3,(H,28,34)(H,29,33)/t22-/m1/s1. The molecule has 0 radical (unpaired) electrons. The molecular formula is C27H35N5O3S2. The summed E-state index contributed by atoms with van der Waals surface area (Å²) in [5.41, 5.74) is 3.58. The van der Waals surface area contributed by atoms with Crippen LogP contribution >= 0.6 is 23.5 Å². The average molecular weight is 542 g/mol. The minimum atomic E-state index is -0.309. The summed E-state index contributed by atoms with van der Waals surface area (Å²) in [6.07, 6.45) is 3.59. The van der Waals surface area contributed by atoms with Crippen molar-refractivity contribution in [1.29, 1.82) is 0 Å². The summed E-state index contributed by atoms with van der Waals surface area (Å²) in [6, 6.07) is 12.7. The van der Waals surface area contributed by atoms with E-state index >= 15 is 0 Å². The number of rotatable bonds is 13. The number of aryl methyl sites for hydroxylation is 2. The van der Waals surface area contributed by atoms with Crippen LogP contribution in [0, 0.1) is 6.92 Å². The molecule has 0 saturated heterocycles. The molecular weight excluding hydrogens is 506 g/mol. The van der Waals surface area contributed by atoms with E-state index in [9.17, 15) is 9.59 Å². The molecule has 1 aromatic heterocycles. The maximum absolute atomic E-state index is 13.0. The molecule has 1 atom stereocenters. The van der Waals surface area contributed by atoms with Gasteiger partial charge in [0.1, 0.15) is 5.75 Å². The SMILES string of the molecule is CCc1cccc(C)c1NC(=O)CSc1nnc([C@@H](CCSC)NC(=O)c2ccc(OC)cc2)n1CC. The summed E-state index contributed by atoms with van der Waals surface area (Å²) in [5, 5.41) is 15.6. The Morgan fingerprint density at radius 2 is 1.86 bits per heavy atom. The number of amides is 2.